The second-order valence-electron chi connectivity index (χ2n) is 6.09. The Morgan fingerprint density at radius 2 is 2.05 bits per heavy atom. The van der Waals surface area contributed by atoms with E-state index in [-0.39, 0.29) is 12.0 Å². The SMILES string of the molecule is CCCC1(C(=O)N(CCO)C2CCC2)CCNCC1. The Morgan fingerprint density at radius 1 is 1.37 bits per heavy atom. The van der Waals surface area contributed by atoms with E-state index in [4.69, 9.17) is 0 Å². The van der Waals surface area contributed by atoms with Crippen molar-refractivity contribution in [1.82, 2.24) is 10.2 Å². The van der Waals surface area contributed by atoms with Crippen molar-refractivity contribution in [2.45, 2.75) is 57.9 Å². The van der Waals surface area contributed by atoms with Crippen LogP contribution in [0.5, 0.6) is 0 Å². The summed E-state index contributed by atoms with van der Waals surface area (Å²) in [5, 5.41) is 12.6. The van der Waals surface area contributed by atoms with Crippen LogP contribution in [-0.2, 0) is 4.79 Å². The maximum atomic E-state index is 13.0. The molecule has 0 radical (unpaired) electrons. The Morgan fingerprint density at radius 3 is 2.53 bits per heavy atom. The fraction of sp³-hybridized carbons (Fsp3) is 0.933. The third-order valence-corrected chi connectivity index (χ3v) is 4.86. The number of aliphatic hydroxyl groups is 1. The predicted octanol–water partition coefficient (Wildman–Crippen LogP) is 1.53. The van der Waals surface area contributed by atoms with E-state index in [1.807, 2.05) is 4.90 Å². The maximum absolute atomic E-state index is 13.0. The molecule has 0 spiro atoms. The highest BCUT2D eigenvalue weighted by Crippen LogP contribution is 2.38. The first-order valence-corrected chi connectivity index (χ1v) is 7.86. The van der Waals surface area contributed by atoms with Gasteiger partial charge in [0.25, 0.3) is 0 Å². The molecule has 1 saturated carbocycles. The van der Waals surface area contributed by atoms with Crippen molar-refractivity contribution in [1.29, 1.82) is 0 Å². The largest absolute Gasteiger partial charge is 0.395 e. The smallest absolute Gasteiger partial charge is 0.229 e. The van der Waals surface area contributed by atoms with Crippen molar-refractivity contribution in [2.24, 2.45) is 5.41 Å². The molecule has 0 unspecified atom stereocenters. The summed E-state index contributed by atoms with van der Waals surface area (Å²) in [6.45, 7) is 4.66. The van der Waals surface area contributed by atoms with Crippen molar-refractivity contribution in [3.8, 4) is 0 Å². The number of nitrogens with zero attached hydrogens (tertiary/aromatic N) is 1. The summed E-state index contributed by atoms with van der Waals surface area (Å²) in [7, 11) is 0. The first-order valence-electron chi connectivity index (χ1n) is 7.86. The zero-order valence-corrected chi connectivity index (χ0v) is 12.2. The summed E-state index contributed by atoms with van der Waals surface area (Å²) in [6, 6.07) is 0.392. The lowest BCUT2D eigenvalue weighted by Crippen LogP contribution is -2.54. The fourth-order valence-corrected chi connectivity index (χ4v) is 3.52. The molecule has 0 atom stereocenters. The lowest BCUT2D eigenvalue weighted by atomic mass is 9.73. The highest BCUT2D eigenvalue weighted by Gasteiger charge is 2.43. The Kier molecular flexibility index (Phi) is 5.22. The number of carbonyl (C=O) groups is 1. The lowest BCUT2D eigenvalue weighted by Gasteiger charge is -2.45. The third-order valence-electron chi connectivity index (χ3n) is 4.86. The number of hydrogen-bond acceptors (Lipinski definition) is 3. The highest BCUT2D eigenvalue weighted by molar-refractivity contribution is 5.83. The Bertz CT molecular complexity index is 291. The average molecular weight is 268 g/mol. The van der Waals surface area contributed by atoms with Crippen LogP contribution in [0.15, 0.2) is 0 Å². The van der Waals surface area contributed by atoms with Crippen LogP contribution in [0, 0.1) is 5.41 Å². The summed E-state index contributed by atoms with van der Waals surface area (Å²) in [5.41, 5.74) is -0.162. The van der Waals surface area contributed by atoms with Gasteiger partial charge in [0.1, 0.15) is 0 Å². The standard InChI is InChI=1S/C15H28N2O2/c1-2-6-15(7-9-16-10-8-15)14(19)17(11-12-18)13-4-3-5-13/h13,16,18H,2-12H2,1H3. The minimum absolute atomic E-state index is 0.0860. The molecule has 0 aromatic rings. The Hall–Kier alpha value is -0.610. The van der Waals surface area contributed by atoms with Crippen LogP contribution in [0.3, 0.4) is 0 Å². The van der Waals surface area contributed by atoms with E-state index in [2.05, 4.69) is 12.2 Å². The summed E-state index contributed by atoms with van der Waals surface area (Å²) in [6.07, 6.45) is 7.41. The maximum Gasteiger partial charge on any atom is 0.229 e. The van der Waals surface area contributed by atoms with Crippen LogP contribution in [0.4, 0.5) is 0 Å². The van der Waals surface area contributed by atoms with E-state index in [0.717, 1.165) is 51.6 Å². The normalized spacial score (nSPS) is 22.8. The van der Waals surface area contributed by atoms with Gasteiger partial charge in [-0.15, -0.1) is 0 Å². The van der Waals surface area contributed by atoms with Crippen LogP contribution in [-0.4, -0.2) is 48.2 Å². The minimum Gasteiger partial charge on any atom is -0.395 e. The highest BCUT2D eigenvalue weighted by atomic mass is 16.3. The number of carbonyl (C=O) groups excluding carboxylic acids is 1. The van der Waals surface area contributed by atoms with Crippen LogP contribution in [0.2, 0.25) is 0 Å². The summed E-state index contributed by atoms with van der Waals surface area (Å²) < 4.78 is 0. The molecule has 110 valence electrons. The van der Waals surface area contributed by atoms with Gasteiger partial charge in [0.15, 0.2) is 0 Å². The number of hydrogen-bond donors (Lipinski definition) is 2. The van der Waals surface area contributed by atoms with Gasteiger partial charge in [-0.2, -0.15) is 0 Å². The summed E-state index contributed by atoms with van der Waals surface area (Å²) >= 11 is 0. The van der Waals surface area contributed by atoms with Gasteiger partial charge < -0.3 is 15.3 Å². The second kappa shape index (κ2) is 6.71. The molecule has 2 N–H and O–H groups in total. The molecule has 1 saturated heterocycles. The molecule has 4 nitrogen and oxygen atoms in total. The van der Waals surface area contributed by atoms with Crippen LogP contribution >= 0.6 is 0 Å². The van der Waals surface area contributed by atoms with E-state index < -0.39 is 0 Å². The number of nitrogens with one attached hydrogen (secondary N) is 1. The van der Waals surface area contributed by atoms with Crippen LogP contribution in [0.25, 0.3) is 0 Å². The van der Waals surface area contributed by atoms with Gasteiger partial charge in [-0.25, -0.2) is 0 Å². The molecule has 0 bridgehead atoms. The molecule has 1 heterocycles. The van der Waals surface area contributed by atoms with Crippen LogP contribution in [0.1, 0.15) is 51.9 Å². The second-order valence-corrected chi connectivity index (χ2v) is 6.09. The molecule has 2 fully saturated rings. The van der Waals surface area contributed by atoms with E-state index in [9.17, 15) is 9.90 Å². The molecule has 4 heteroatoms. The number of rotatable bonds is 6. The monoisotopic (exact) mass is 268 g/mol. The van der Waals surface area contributed by atoms with E-state index >= 15 is 0 Å². The lowest BCUT2D eigenvalue weighted by molar-refractivity contribution is -0.149. The van der Waals surface area contributed by atoms with Gasteiger partial charge in [-0.3, -0.25) is 4.79 Å². The molecule has 0 aromatic heterocycles. The van der Waals surface area contributed by atoms with Gasteiger partial charge in [0.05, 0.1) is 12.0 Å². The van der Waals surface area contributed by atoms with E-state index in [1.165, 1.54) is 6.42 Å². The van der Waals surface area contributed by atoms with Gasteiger partial charge >= 0.3 is 0 Å². The number of aliphatic hydroxyl groups excluding tert-OH is 1. The van der Waals surface area contributed by atoms with Gasteiger partial charge in [-0.1, -0.05) is 13.3 Å². The number of piperidine rings is 1. The van der Waals surface area contributed by atoms with Crippen molar-refractivity contribution in [3.63, 3.8) is 0 Å². The summed E-state index contributed by atoms with van der Waals surface area (Å²) in [4.78, 5) is 15.0. The third kappa shape index (κ3) is 3.11. The van der Waals surface area contributed by atoms with E-state index in [1.54, 1.807) is 0 Å². The first-order chi connectivity index (χ1) is 9.23. The molecular weight excluding hydrogens is 240 g/mol. The summed E-state index contributed by atoms with van der Waals surface area (Å²) in [5.74, 6) is 0.314. The zero-order chi connectivity index (χ0) is 13.7. The van der Waals surface area contributed by atoms with Gasteiger partial charge in [0, 0.05) is 12.6 Å². The van der Waals surface area contributed by atoms with E-state index in [0.29, 0.717) is 18.5 Å². The first kappa shape index (κ1) is 14.8. The predicted molar refractivity (Wildman–Crippen MR) is 75.9 cm³/mol. The van der Waals surface area contributed by atoms with Crippen molar-refractivity contribution >= 4 is 5.91 Å². The zero-order valence-electron chi connectivity index (χ0n) is 12.2. The molecule has 1 aliphatic heterocycles. The Balaban J connectivity index is 2.11. The topological polar surface area (TPSA) is 52.6 Å². The molecule has 1 aliphatic carbocycles. The fourth-order valence-electron chi connectivity index (χ4n) is 3.52. The average Bonchev–Trinajstić information content (AvgIpc) is 2.37. The van der Waals surface area contributed by atoms with Crippen molar-refractivity contribution in [2.75, 3.05) is 26.2 Å². The quantitative estimate of drug-likeness (QED) is 0.768. The molecular formula is C15H28N2O2. The molecule has 1 amide bonds. The van der Waals surface area contributed by atoms with Gasteiger partial charge in [0.2, 0.25) is 5.91 Å². The molecule has 19 heavy (non-hydrogen) atoms. The number of amides is 1. The molecule has 2 rings (SSSR count). The van der Waals surface area contributed by atoms with Crippen molar-refractivity contribution in [3.05, 3.63) is 0 Å². The van der Waals surface area contributed by atoms with Gasteiger partial charge in [-0.05, 0) is 51.6 Å². The van der Waals surface area contributed by atoms with Crippen molar-refractivity contribution < 1.29 is 9.90 Å². The minimum atomic E-state index is -0.162. The Labute approximate surface area is 116 Å². The molecule has 0 aromatic carbocycles. The van der Waals surface area contributed by atoms with Crippen LogP contribution < -0.4 is 5.32 Å². The molecule has 2 aliphatic rings.